The minimum atomic E-state index is -0.309. The molecular weight excluding hydrogens is 379 g/mol. The monoisotopic (exact) mass is 412 g/mol. The molecule has 1 unspecified atom stereocenters. The van der Waals surface area contributed by atoms with Crippen molar-refractivity contribution in [2.45, 2.75) is 45.6 Å². The normalized spacial score (nSPS) is 15.9. The van der Waals surface area contributed by atoms with Crippen molar-refractivity contribution in [1.29, 1.82) is 0 Å². The first-order valence-corrected chi connectivity index (χ1v) is 10.9. The average molecular weight is 413 g/mol. The molecule has 0 aliphatic carbocycles. The molecule has 162 valence electrons. The molecule has 1 atom stereocenters. The average Bonchev–Trinajstić information content (AvgIpc) is 2.75. The molecule has 3 rings (SSSR count). The van der Waals surface area contributed by atoms with Crippen LogP contribution in [0.25, 0.3) is 0 Å². The zero-order chi connectivity index (χ0) is 21.5. The largest absolute Gasteiger partial charge is 0.392 e. The lowest BCUT2D eigenvalue weighted by molar-refractivity contribution is 0.103. The first kappa shape index (κ1) is 22.4. The molecule has 0 saturated carbocycles. The number of allylic oxidation sites excluding steroid dienone is 1. The molecule has 0 bridgehead atoms. The van der Waals surface area contributed by atoms with Crippen LogP contribution in [-0.4, -0.2) is 58.8 Å². The van der Waals surface area contributed by atoms with E-state index in [9.17, 15) is 9.50 Å². The third-order valence-corrected chi connectivity index (χ3v) is 5.66. The van der Waals surface area contributed by atoms with Crippen molar-refractivity contribution in [1.82, 2.24) is 14.9 Å². The molecule has 30 heavy (non-hydrogen) atoms. The van der Waals surface area contributed by atoms with Crippen molar-refractivity contribution in [2.24, 2.45) is 0 Å². The molecule has 5 nitrogen and oxygen atoms in total. The van der Waals surface area contributed by atoms with Crippen molar-refractivity contribution in [3.63, 3.8) is 0 Å². The summed E-state index contributed by atoms with van der Waals surface area (Å²) in [4.78, 5) is 14.1. The summed E-state index contributed by atoms with van der Waals surface area (Å²) in [5.41, 5.74) is 3.25. The number of aromatic nitrogens is 2. The van der Waals surface area contributed by atoms with Crippen LogP contribution in [0.1, 0.15) is 42.4 Å². The van der Waals surface area contributed by atoms with Gasteiger partial charge in [0.2, 0.25) is 0 Å². The quantitative estimate of drug-likeness (QED) is 0.639. The number of benzene rings is 1. The van der Waals surface area contributed by atoms with Gasteiger partial charge in [-0.05, 0) is 43.9 Å². The lowest BCUT2D eigenvalue weighted by Crippen LogP contribution is -2.49. The van der Waals surface area contributed by atoms with E-state index in [1.165, 1.54) is 12.1 Å². The first-order valence-electron chi connectivity index (χ1n) is 10.9. The number of aryl methyl sites for hydroxylation is 2. The number of hydrogen-bond acceptors (Lipinski definition) is 5. The molecule has 1 aliphatic heterocycles. The van der Waals surface area contributed by atoms with Crippen LogP contribution >= 0.6 is 0 Å². The first-order chi connectivity index (χ1) is 14.5. The molecule has 2 heterocycles. The second-order valence-corrected chi connectivity index (χ2v) is 7.98. The topological polar surface area (TPSA) is 52.5 Å². The van der Waals surface area contributed by atoms with Crippen molar-refractivity contribution in [3.8, 4) is 0 Å². The van der Waals surface area contributed by atoms with Crippen LogP contribution in [0, 0.1) is 12.7 Å². The van der Waals surface area contributed by atoms with Crippen LogP contribution < -0.4 is 4.90 Å². The number of piperazine rings is 1. The van der Waals surface area contributed by atoms with Gasteiger partial charge in [0.05, 0.1) is 6.10 Å². The van der Waals surface area contributed by atoms with E-state index in [1.54, 1.807) is 0 Å². The van der Waals surface area contributed by atoms with Gasteiger partial charge in [0.1, 0.15) is 17.5 Å². The lowest BCUT2D eigenvalue weighted by atomic mass is 10.0. The van der Waals surface area contributed by atoms with E-state index in [-0.39, 0.29) is 11.9 Å². The molecule has 1 aliphatic rings. The molecular formula is C24H33FN4O. The smallest absolute Gasteiger partial charge is 0.136 e. The minimum absolute atomic E-state index is 0.221. The number of aliphatic hydroxyl groups is 1. The van der Waals surface area contributed by atoms with E-state index in [1.807, 2.05) is 25.1 Å². The highest BCUT2D eigenvalue weighted by Gasteiger charge is 2.24. The number of hydrogen-bond donors (Lipinski definition) is 1. The predicted octanol–water partition coefficient (Wildman–Crippen LogP) is 3.53. The zero-order valence-electron chi connectivity index (χ0n) is 18.1. The van der Waals surface area contributed by atoms with E-state index in [0.29, 0.717) is 13.0 Å². The second kappa shape index (κ2) is 10.6. The summed E-state index contributed by atoms with van der Waals surface area (Å²) in [7, 11) is 0. The lowest BCUT2D eigenvalue weighted by Gasteiger charge is -2.37. The van der Waals surface area contributed by atoms with E-state index in [0.717, 1.165) is 73.9 Å². The molecule has 0 radical (unpaired) electrons. The summed E-state index contributed by atoms with van der Waals surface area (Å²) < 4.78 is 13.3. The van der Waals surface area contributed by atoms with Gasteiger partial charge in [-0.15, -0.1) is 6.58 Å². The summed E-state index contributed by atoms with van der Waals surface area (Å²) in [6.07, 6.45) is 4.68. The molecule has 2 aromatic rings. The number of halogens is 1. The summed E-state index contributed by atoms with van der Waals surface area (Å²) in [6, 6.07) is 6.68. The van der Waals surface area contributed by atoms with Gasteiger partial charge in [0.15, 0.2) is 0 Å². The maximum absolute atomic E-state index is 13.3. The molecule has 1 N–H and O–H groups in total. The molecule has 1 fully saturated rings. The maximum atomic E-state index is 13.3. The zero-order valence-corrected chi connectivity index (χ0v) is 18.1. The molecule has 0 amide bonds. The Morgan fingerprint density at radius 3 is 2.50 bits per heavy atom. The Hall–Kier alpha value is -2.31. The van der Waals surface area contributed by atoms with E-state index >= 15 is 0 Å². The van der Waals surface area contributed by atoms with Crippen LogP contribution in [0.15, 0.2) is 36.9 Å². The Balaban J connectivity index is 1.74. The molecule has 1 saturated heterocycles. The van der Waals surface area contributed by atoms with Crippen molar-refractivity contribution in [3.05, 3.63) is 65.4 Å². The summed E-state index contributed by atoms with van der Waals surface area (Å²) in [5, 5.41) is 10.2. The van der Waals surface area contributed by atoms with Crippen LogP contribution in [0.3, 0.4) is 0 Å². The third-order valence-electron chi connectivity index (χ3n) is 5.66. The molecule has 1 aromatic carbocycles. The van der Waals surface area contributed by atoms with Crippen LogP contribution in [0.2, 0.25) is 0 Å². The number of anilines is 1. The minimum Gasteiger partial charge on any atom is -0.392 e. The summed E-state index contributed by atoms with van der Waals surface area (Å²) in [5.74, 6) is 1.56. The maximum Gasteiger partial charge on any atom is 0.136 e. The fourth-order valence-corrected chi connectivity index (χ4v) is 4.02. The van der Waals surface area contributed by atoms with Gasteiger partial charge in [0.25, 0.3) is 0 Å². The highest BCUT2D eigenvalue weighted by atomic mass is 19.1. The highest BCUT2D eigenvalue weighted by molar-refractivity contribution is 5.52. The van der Waals surface area contributed by atoms with Gasteiger partial charge >= 0.3 is 0 Å². The van der Waals surface area contributed by atoms with Crippen molar-refractivity contribution < 1.29 is 9.50 Å². The Kier molecular flexibility index (Phi) is 7.94. The summed E-state index contributed by atoms with van der Waals surface area (Å²) >= 11 is 0. The Morgan fingerprint density at radius 1 is 1.17 bits per heavy atom. The van der Waals surface area contributed by atoms with E-state index in [4.69, 9.17) is 4.98 Å². The van der Waals surface area contributed by atoms with Gasteiger partial charge in [-0.1, -0.05) is 25.1 Å². The molecule has 1 aromatic heterocycles. The van der Waals surface area contributed by atoms with Gasteiger partial charge in [0, 0.05) is 50.4 Å². The van der Waals surface area contributed by atoms with Crippen LogP contribution in [0.5, 0.6) is 0 Å². The Morgan fingerprint density at radius 2 is 1.87 bits per heavy atom. The summed E-state index contributed by atoms with van der Waals surface area (Å²) in [6.45, 7) is 12.0. The van der Waals surface area contributed by atoms with Gasteiger partial charge in [-0.3, -0.25) is 4.90 Å². The predicted molar refractivity (Wildman–Crippen MR) is 119 cm³/mol. The van der Waals surface area contributed by atoms with Crippen LogP contribution in [-0.2, 0) is 12.8 Å². The fraction of sp³-hybridized carbons (Fsp3) is 0.500. The number of β-amino-alcohol motifs (C(OH)–C–C–N with tert-alkyl or cyclic N) is 1. The fourth-order valence-electron chi connectivity index (χ4n) is 4.02. The van der Waals surface area contributed by atoms with E-state index < -0.39 is 0 Å². The number of rotatable bonds is 9. The molecule has 0 spiro atoms. The van der Waals surface area contributed by atoms with Gasteiger partial charge in [-0.2, -0.15) is 0 Å². The SMILES string of the molecule is C=CCCC(O)CN1CCN(c2nc(C)nc(CC)c2Cc2ccc(F)cc2)CC1. The Bertz CT molecular complexity index is 832. The Labute approximate surface area is 179 Å². The highest BCUT2D eigenvalue weighted by Crippen LogP contribution is 2.26. The molecule has 6 heteroatoms. The van der Waals surface area contributed by atoms with E-state index in [2.05, 4.69) is 28.3 Å². The number of aliphatic hydroxyl groups excluding tert-OH is 1. The second-order valence-electron chi connectivity index (χ2n) is 7.98. The van der Waals surface area contributed by atoms with Gasteiger partial charge < -0.3 is 10.0 Å². The van der Waals surface area contributed by atoms with Crippen molar-refractivity contribution >= 4 is 5.82 Å². The standard InChI is InChI=1S/C24H33FN4O/c1-4-6-7-21(30)17-28-12-14-29(15-13-28)24-22(23(5-2)26-18(3)27-24)16-19-8-10-20(25)11-9-19/h4,8-11,21,30H,1,5-7,12-17H2,2-3H3. The number of nitrogens with zero attached hydrogens (tertiary/aromatic N) is 4. The third kappa shape index (κ3) is 5.86. The van der Waals surface area contributed by atoms with Crippen molar-refractivity contribution in [2.75, 3.05) is 37.6 Å². The van der Waals surface area contributed by atoms with Gasteiger partial charge in [-0.25, -0.2) is 14.4 Å². The van der Waals surface area contributed by atoms with Crippen LogP contribution in [0.4, 0.5) is 10.2 Å².